The first-order chi connectivity index (χ1) is 17.8. The number of esters is 1. The molecule has 0 spiro atoms. The number of aliphatic hydroxyl groups is 1. The highest BCUT2D eigenvalue weighted by molar-refractivity contribution is 8.09. The van der Waals surface area contributed by atoms with Gasteiger partial charge in [0.2, 0.25) is 0 Å². The Kier molecular flexibility index (Phi) is 9.55. The van der Waals surface area contributed by atoms with E-state index in [0.717, 1.165) is 12.3 Å². The van der Waals surface area contributed by atoms with Crippen LogP contribution in [0.25, 0.3) is 0 Å². The molecule has 1 aliphatic rings. The first-order valence-corrected chi connectivity index (χ1v) is 14.0. The highest BCUT2D eigenvalue weighted by Gasteiger charge is 2.62. The third-order valence-corrected chi connectivity index (χ3v) is 7.86. The Morgan fingerprint density at radius 2 is 1.92 bits per heavy atom. The van der Waals surface area contributed by atoms with Gasteiger partial charge in [-0.15, -0.1) is 0 Å². The number of para-hydroxylation sites is 1. The zero-order valence-electron chi connectivity index (χ0n) is 20.5. The topological polar surface area (TPSA) is 141 Å². The molecular formula is C22H27F3N3O8PS. The molecule has 1 fully saturated rings. The Bertz CT molecular complexity index is 1280. The highest BCUT2D eigenvalue weighted by atomic mass is 32.5. The first kappa shape index (κ1) is 30.0. The fraction of sp³-hybridized carbons (Fsp3) is 0.500. The van der Waals surface area contributed by atoms with E-state index < -0.39 is 73.1 Å². The molecule has 0 radical (unpaired) electrons. The minimum absolute atomic E-state index is 0.167. The predicted octanol–water partition coefficient (Wildman–Crippen LogP) is 2.02. The molecule has 38 heavy (non-hydrogen) atoms. The molecule has 1 aromatic heterocycles. The maximum atomic E-state index is 15.3. The Morgan fingerprint density at radius 1 is 1.26 bits per heavy atom. The van der Waals surface area contributed by atoms with E-state index in [4.69, 9.17) is 30.3 Å². The van der Waals surface area contributed by atoms with Crippen molar-refractivity contribution in [3.8, 4) is 5.75 Å². The van der Waals surface area contributed by atoms with Gasteiger partial charge in [-0.3, -0.25) is 19.1 Å². The number of aliphatic hydroxyl groups excluding tert-OH is 1. The van der Waals surface area contributed by atoms with E-state index in [2.05, 4.69) is 5.09 Å². The summed E-state index contributed by atoms with van der Waals surface area (Å²) in [5.74, 6) is -0.563. The minimum Gasteiger partial charge on any atom is -0.462 e. The van der Waals surface area contributed by atoms with Gasteiger partial charge in [-0.2, -0.15) is 0 Å². The number of hydrogen-bond donors (Lipinski definition) is 3. The smallest absolute Gasteiger partial charge is 0.330 e. The van der Waals surface area contributed by atoms with E-state index in [9.17, 15) is 28.3 Å². The van der Waals surface area contributed by atoms with Gasteiger partial charge in [-0.05, 0) is 44.7 Å². The first-order valence-electron chi connectivity index (χ1n) is 11.3. The summed E-state index contributed by atoms with van der Waals surface area (Å²) in [6.07, 6.45) is -10.1. The van der Waals surface area contributed by atoms with Crippen molar-refractivity contribution >= 4 is 24.4 Å². The number of nitrogens with zero attached hydrogens (tertiary/aromatic N) is 1. The summed E-state index contributed by atoms with van der Waals surface area (Å²) in [7, 11) is 0. The van der Waals surface area contributed by atoms with Crippen LogP contribution in [0.15, 0.2) is 52.2 Å². The normalized spacial score (nSPS) is 25.8. The molecule has 6 unspecified atom stereocenters. The average molecular weight is 582 g/mol. The van der Waals surface area contributed by atoms with Gasteiger partial charge in [0.15, 0.2) is 18.0 Å². The van der Waals surface area contributed by atoms with Crippen molar-refractivity contribution in [1.82, 2.24) is 14.6 Å². The second-order valence-electron chi connectivity index (χ2n) is 8.69. The number of carbonyl (C=O) groups is 1. The lowest BCUT2D eigenvalue weighted by Crippen LogP contribution is -2.51. The number of nitrogens with one attached hydrogen (secondary N) is 2. The van der Waals surface area contributed by atoms with Crippen molar-refractivity contribution in [2.24, 2.45) is 0 Å². The summed E-state index contributed by atoms with van der Waals surface area (Å²) in [6.45, 7) is -0.480. The van der Waals surface area contributed by atoms with Crippen molar-refractivity contribution < 1.29 is 41.6 Å². The average Bonchev–Trinajstić information content (AvgIpc) is 3.09. The van der Waals surface area contributed by atoms with E-state index in [1.807, 2.05) is 4.98 Å². The van der Waals surface area contributed by atoms with Crippen LogP contribution < -0.4 is 20.9 Å². The van der Waals surface area contributed by atoms with E-state index in [0.29, 0.717) is 4.57 Å². The third kappa shape index (κ3) is 6.71. The third-order valence-electron chi connectivity index (χ3n) is 5.38. The van der Waals surface area contributed by atoms with Gasteiger partial charge in [0, 0.05) is 12.3 Å². The van der Waals surface area contributed by atoms with Crippen LogP contribution in [0.3, 0.4) is 0 Å². The SMILES string of the molecule is CC(C)OC(=O)C(C)NP(=S)(OCC1(C(F)F)OC(n2ccc(=O)[nH]c2=O)C(O)C1F)Oc1ccccc1. The zero-order valence-corrected chi connectivity index (χ0v) is 22.2. The monoisotopic (exact) mass is 581 g/mol. The Morgan fingerprint density at radius 3 is 2.50 bits per heavy atom. The standard InChI is InChI=1S/C22H27F3N3O8PS/c1-12(2)34-19(31)13(3)27-37(38,36-14-7-5-4-6-8-14)33-11-22(20(24)25)17(23)16(30)18(35-22)28-10-9-15(29)26-21(28)32/h4-10,12-13,16-18,20,30H,11H2,1-3H3,(H,27,38)(H,26,29,32). The molecular weight excluding hydrogens is 554 g/mol. The number of benzene rings is 1. The highest BCUT2D eigenvalue weighted by Crippen LogP contribution is 2.50. The van der Waals surface area contributed by atoms with Crippen molar-refractivity contribution in [2.45, 2.75) is 63.4 Å². The summed E-state index contributed by atoms with van der Waals surface area (Å²) in [5, 5.41) is 13.0. The summed E-state index contributed by atoms with van der Waals surface area (Å²) >= 11 is 5.46. The number of carbonyl (C=O) groups excluding carboxylic acids is 1. The number of aromatic amines is 1. The second-order valence-corrected chi connectivity index (χ2v) is 11.8. The van der Waals surface area contributed by atoms with Crippen LogP contribution >= 0.6 is 6.64 Å². The van der Waals surface area contributed by atoms with Crippen LogP contribution in [-0.4, -0.2) is 63.7 Å². The van der Waals surface area contributed by atoms with Crippen LogP contribution in [-0.2, 0) is 30.6 Å². The molecule has 16 heteroatoms. The van der Waals surface area contributed by atoms with Gasteiger partial charge in [-0.1, -0.05) is 18.2 Å². The van der Waals surface area contributed by atoms with Crippen molar-refractivity contribution in [1.29, 1.82) is 0 Å². The Labute approximate surface area is 220 Å². The molecule has 6 atom stereocenters. The minimum atomic E-state index is -3.88. The van der Waals surface area contributed by atoms with E-state index in [-0.39, 0.29) is 5.75 Å². The fourth-order valence-corrected chi connectivity index (χ4v) is 5.93. The van der Waals surface area contributed by atoms with Crippen LogP contribution in [0.5, 0.6) is 5.75 Å². The van der Waals surface area contributed by atoms with Gasteiger partial charge in [0.1, 0.15) is 17.9 Å². The lowest BCUT2D eigenvalue weighted by molar-refractivity contribution is -0.182. The molecule has 210 valence electrons. The van der Waals surface area contributed by atoms with Gasteiger partial charge in [0.05, 0.1) is 12.7 Å². The van der Waals surface area contributed by atoms with Gasteiger partial charge < -0.3 is 23.6 Å². The molecule has 1 saturated heterocycles. The number of H-pyrrole nitrogens is 1. The van der Waals surface area contributed by atoms with E-state index >= 15 is 4.39 Å². The van der Waals surface area contributed by atoms with Crippen molar-refractivity contribution in [3.63, 3.8) is 0 Å². The van der Waals surface area contributed by atoms with Crippen LogP contribution in [0.1, 0.15) is 27.0 Å². The molecule has 2 aromatic rings. The predicted molar refractivity (Wildman–Crippen MR) is 132 cm³/mol. The maximum absolute atomic E-state index is 15.3. The Hall–Kier alpha value is -2.55. The zero-order chi connectivity index (χ0) is 28.3. The van der Waals surface area contributed by atoms with E-state index in [1.54, 1.807) is 32.0 Å². The van der Waals surface area contributed by atoms with Crippen LogP contribution in [0.4, 0.5) is 13.2 Å². The lowest BCUT2D eigenvalue weighted by atomic mass is 9.98. The summed E-state index contributed by atoms with van der Waals surface area (Å²) < 4.78 is 66.2. The number of hydrogen-bond acceptors (Lipinski definition) is 9. The van der Waals surface area contributed by atoms with Crippen molar-refractivity contribution in [2.75, 3.05) is 6.61 Å². The molecule has 0 saturated carbocycles. The quantitative estimate of drug-likeness (QED) is 0.267. The summed E-state index contributed by atoms with van der Waals surface area (Å²) in [4.78, 5) is 37.7. The van der Waals surface area contributed by atoms with Crippen LogP contribution in [0.2, 0.25) is 0 Å². The molecule has 11 nitrogen and oxygen atoms in total. The number of aromatic nitrogens is 2. The molecule has 3 rings (SSSR count). The molecule has 0 amide bonds. The second kappa shape index (κ2) is 12.1. The molecule has 3 N–H and O–H groups in total. The molecule has 0 bridgehead atoms. The summed E-state index contributed by atoms with van der Waals surface area (Å²) in [6, 6.07) is 7.65. The summed E-state index contributed by atoms with van der Waals surface area (Å²) in [5.41, 5.74) is -5.00. The van der Waals surface area contributed by atoms with Crippen LogP contribution in [0, 0.1) is 0 Å². The van der Waals surface area contributed by atoms with Gasteiger partial charge in [-0.25, -0.2) is 23.1 Å². The van der Waals surface area contributed by atoms with Gasteiger partial charge >= 0.3 is 18.3 Å². The molecule has 1 aliphatic heterocycles. The number of ether oxygens (including phenoxy) is 2. The number of rotatable bonds is 11. The van der Waals surface area contributed by atoms with E-state index in [1.165, 1.54) is 19.1 Å². The molecule has 1 aromatic carbocycles. The molecule has 0 aliphatic carbocycles. The van der Waals surface area contributed by atoms with Gasteiger partial charge in [0.25, 0.3) is 12.0 Å². The molecule has 2 heterocycles. The maximum Gasteiger partial charge on any atom is 0.330 e. The Balaban J connectivity index is 1.90. The van der Waals surface area contributed by atoms with Crippen molar-refractivity contribution in [3.05, 3.63) is 63.4 Å². The number of halogens is 3. The fourth-order valence-electron chi connectivity index (χ4n) is 3.51. The number of alkyl halides is 3. The lowest BCUT2D eigenvalue weighted by Gasteiger charge is -2.33. The largest absolute Gasteiger partial charge is 0.462 e.